The van der Waals surface area contributed by atoms with E-state index in [2.05, 4.69) is 39.2 Å². The molecule has 1 amide bonds. The van der Waals surface area contributed by atoms with E-state index < -0.39 is 32.0 Å². The number of methoxy groups -OCH3 is 1. The van der Waals surface area contributed by atoms with Crippen LogP contribution < -0.4 is 5.32 Å². The molecule has 1 aliphatic rings. The number of hydrogen-bond donors (Lipinski definition) is 1. The zero-order chi connectivity index (χ0) is 22.6. The number of Topliss-reactive ketones (excluding diaryl/α,β-unsaturated/α-hetero) is 1. The van der Waals surface area contributed by atoms with Gasteiger partial charge in [0.25, 0.3) is 0 Å². The van der Waals surface area contributed by atoms with E-state index in [1.54, 1.807) is 20.8 Å². The van der Waals surface area contributed by atoms with Crippen LogP contribution in [0.15, 0.2) is 0 Å². The maximum Gasteiger partial charge on any atom is 0.408 e. The molecule has 0 heterocycles. The number of thioether (sulfide) groups is 1. The third kappa shape index (κ3) is 8.30. The van der Waals surface area contributed by atoms with Crippen molar-refractivity contribution in [1.82, 2.24) is 5.32 Å². The number of rotatable bonds is 7. The molecule has 0 unspecified atom stereocenters. The van der Waals surface area contributed by atoms with E-state index in [4.69, 9.17) is 13.9 Å². The second kappa shape index (κ2) is 9.83. The van der Waals surface area contributed by atoms with Gasteiger partial charge in [0.1, 0.15) is 17.4 Å². The Morgan fingerprint density at radius 1 is 1.17 bits per heavy atom. The number of ketones is 1. The minimum atomic E-state index is -2.03. The molecule has 0 aromatic carbocycles. The molecule has 0 saturated heterocycles. The molecule has 1 fully saturated rings. The van der Waals surface area contributed by atoms with Gasteiger partial charge in [0, 0.05) is 23.8 Å². The van der Waals surface area contributed by atoms with Crippen molar-refractivity contribution in [2.75, 3.05) is 12.9 Å². The van der Waals surface area contributed by atoms with Crippen LogP contribution >= 0.6 is 11.8 Å². The highest BCUT2D eigenvalue weighted by Gasteiger charge is 2.44. The number of nitrogens with one attached hydrogen (secondary N) is 1. The van der Waals surface area contributed by atoms with Crippen molar-refractivity contribution in [3.8, 4) is 0 Å². The standard InChI is InChI=1S/C20H37NO6SSi/c1-19(2,3)26-18(24)21-14(17(23)25-7)12-28-16-11-13(22)10-15(16)27-29(8,9)20(4,5)6/h14-16H,10-12H2,1-9H3,(H,21,24)/t14-,15+,16+/m0/s1. The smallest absolute Gasteiger partial charge is 0.408 e. The van der Waals surface area contributed by atoms with E-state index in [0.717, 1.165) is 0 Å². The predicted octanol–water partition coefficient (Wildman–Crippen LogP) is 3.91. The Bertz CT molecular complexity index is 611. The van der Waals surface area contributed by atoms with Crippen LogP contribution in [0, 0.1) is 0 Å². The van der Waals surface area contributed by atoms with Crippen LogP contribution in [0.4, 0.5) is 4.79 Å². The minimum absolute atomic E-state index is 0.0423. The first-order valence-electron chi connectivity index (χ1n) is 9.94. The SMILES string of the molecule is COC(=O)[C@H](CS[C@@H]1CC(=O)C[C@H]1O[Si](C)(C)C(C)(C)C)NC(=O)OC(C)(C)C. The molecule has 1 N–H and O–H groups in total. The molecule has 0 aromatic heterocycles. The molecule has 9 heteroatoms. The summed E-state index contributed by atoms with van der Waals surface area (Å²) in [7, 11) is -0.749. The molecule has 1 rings (SSSR count). The van der Waals surface area contributed by atoms with Crippen molar-refractivity contribution in [3.05, 3.63) is 0 Å². The lowest BCUT2D eigenvalue weighted by atomic mass is 10.2. The first kappa shape index (κ1) is 26.0. The number of ether oxygens (including phenoxy) is 2. The molecule has 168 valence electrons. The third-order valence-electron chi connectivity index (χ3n) is 5.18. The van der Waals surface area contributed by atoms with Crippen molar-refractivity contribution in [2.24, 2.45) is 0 Å². The van der Waals surface area contributed by atoms with Gasteiger partial charge in [-0.05, 0) is 38.9 Å². The Balaban J connectivity index is 2.79. The summed E-state index contributed by atoms with van der Waals surface area (Å²) >= 11 is 1.46. The molecule has 29 heavy (non-hydrogen) atoms. The van der Waals surface area contributed by atoms with Crippen LogP contribution in [0.3, 0.4) is 0 Å². The fraction of sp³-hybridized carbons (Fsp3) is 0.850. The fourth-order valence-corrected chi connectivity index (χ4v) is 5.40. The maximum atomic E-state index is 12.1. The highest BCUT2D eigenvalue weighted by Crippen LogP contribution is 2.41. The number of esters is 1. The van der Waals surface area contributed by atoms with E-state index in [-0.39, 0.29) is 27.9 Å². The van der Waals surface area contributed by atoms with E-state index in [9.17, 15) is 14.4 Å². The summed E-state index contributed by atoms with van der Waals surface area (Å²) < 4.78 is 16.5. The van der Waals surface area contributed by atoms with Crippen LogP contribution in [-0.2, 0) is 23.5 Å². The topological polar surface area (TPSA) is 90.9 Å². The molecule has 0 bridgehead atoms. The number of carbonyl (C=O) groups is 3. The average Bonchev–Trinajstić information content (AvgIpc) is 2.86. The van der Waals surface area contributed by atoms with Gasteiger partial charge < -0.3 is 19.2 Å². The molecule has 3 atom stereocenters. The van der Waals surface area contributed by atoms with Crippen LogP contribution in [0.2, 0.25) is 18.1 Å². The lowest BCUT2D eigenvalue weighted by Gasteiger charge is -2.39. The van der Waals surface area contributed by atoms with E-state index in [1.807, 2.05) is 0 Å². The van der Waals surface area contributed by atoms with Crippen LogP contribution in [0.25, 0.3) is 0 Å². The van der Waals surface area contributed by atoms with E-state index in [0.29, 0.717) is 12.8 Å². The number of amides is 1. The Morgan fingerprint density at radius 3 is 2.24 bits per heavy atom. The summed E-state index contributed by atoms with van der Waals surface area (Å²) in [4.78, 5) is 36.3. The second-order valence-corrected chi connectivity index (χ2v) is 16.0. The van der Waals surface area contributed by atoms with Gasteiger partial charge in [-0.3, -0.25) is 4.79 Å². The monoisotopic (exact) mass is 447 g/mol. The molecule has 1 aliphatic carbocycles. The summed E-state index contributed by atoms with van der Waals surface area (Å²) in [5.41, 5.74) is -0.669. The first-order chi connectivity index (χ1) is 13.1. The van der Waals surface area contributed by atoms with Crippen LogP contribution in [-0.4, -0.2) is 62.0 Å². The van der Waals surface area contributed by atoms with Crippen molar-refractivity contribution >= 4 is 37.9 Å². The molecule has 0 spiro atoms. The summed E-state index contributed by atoms with van der Waals surface area (Å²) in [6, 6.07) is -0.857. The van der Waals surface area contributed by atoms with Crippen molar-refractivity contribution in [1.29, 1.82) is 0 Å². The summed E-state index contributed by atoms with van der Waals surface area (Å²) in [5.74, 6) is -0.100. The number of hydrogen-bond acceptors (Lipinski definition) is 7. The van der Waals surface area contributed by atoms with Crippen molar-refractivity contribution in [3.63, 3.8) is 0 Å². The van der Waals surface area contributed by atoms with Crippen molar-refractivity contribution in [2.45, 2.75) is 95.5 Å². The fourth-order valence-electron chi connectivity index (χ4n) is 2.61. The van der Waals surface area contributed by atoms with Gasteiger partial charge in [-0.2, -0.15) is 11.8 Å². The summed E-state index contributed by atoms with van der Waals surface area (Å²) in [6.45, 7) is 16.1. The van der Waals surface area contributed by atoms with Gasteiger partial charge in [0.05, 0.1) is 13.2 Å². The minimum Gasteiger partial charge on any atom is -0.467 e. The van der Waals surface area contributed by atoms with Gasteiger partial charge in [-0.1, -0.05) is 20.8 Å². The van der Waals surface area contributed by atoms with Gasteiger partial charge in [0.15, 0.2) is 8.32 Å². The average molecular weight is 448 g/mol. The molecule has 0 aliphatic heterocycles. The van der Waals surface area contributed by atoms with Gasteiger partial charge >= 0.3 is 12.1 Å². The molecular formula is C20H37NO6SSi. The molecule has 7 nitrogen and oxygen atoms in total. The summed E-state index contributed by atoms with van der Waals surface area (Å²) in [5, 5.41) is 2.56. The van der Waals surface area contributed by atoms with Gasteiger partial charge in [-0.25, -0.2) is 9.59 Å². The molecule has 0 aromatic rings. The molecular weight excluding hydrogens is 410 g/mol. The zero-order valence-electron chi connectivity index (χ0n) is 19.2. The van der Waals surface area contributed by atoms with E-state index in [1.165, 1.54) is 18.9 Å². The quantitative estimate of drug-likeness (QED) is 0.467. The van der Waals surface area contributed by atoms with E-state index >= 15 is 0 Å². The lowest BCUT2D eigenvalue weighted by molar-refractivity contribution is -0.142. The van der Waals surface area contributed by atoms with Crippen LogP contribution in [0.1, 0.15) is 54.4 Å². The highest BCUT2D eigenvalue weighted by molar-refractivity contribution is 8.00. The van der Waals surface area contributed by atoms with Gasteiger partial charge in [-0.15, -0.1) is 0 Å². The first-order valence-corrected chi connectivity index (χ1v) is 13.9. The maximum absolute atomic E-state index is 12.1. The van der Waals surface area contributed by atoms with Gasteiger partial charge in [0.2, 0.25) is 0 Å². The Labute approximate surface area is 180 Å². The molecule has 0 radical (unpaired) electrons. The lowest BCUT2D eigenvalue weighted by Crippen LogP contribution is -2.47. The third-order valence-corrected chi connectivity index (χ3v) is 11.1. The number of carbonyl (C=O) groups excluding carboxylic acids is 3. The molecule has 1 saturated carbocycles. The Morgan fingerprint density at radius 2 is 1.76 bits per heavy atom. The second-order valence-electron chi connectivity index (χ2n) is 9.96. The predicted molar refractivity (Wildman–Crippen MR) is 118 cm³/mol. The number of alkyl carbamates (subject to hydrolysis) is 1. The van der Waals surface area contributed by atoms with Crippen LogP contribution in [0.5, 0.6) is 0 Å². The van der Waals surface area contributed by atoms with Crippen molar-refractivity contribution < 1.29 is 28.3 Å². The Hall–Kier alpha value is -1.06. The zero-order valence-corrected chi connectivity index (χ0v) is 21.0. The Kier molecular flexibility index (Phi) is 8.80. The highest BCUT2D eigenvalue weighted by atomic mass is 32.2. The largest absolute Gasteiger partial charge is 0.467 e. The normalized spacial score (nSPS) is 21.6. The summed E-state index contributed by atoms with van der Waals surface area (Å²) in [6.07, 6.45) is -0.0464.